The van der Waals surface area contributed by atoms with Crippen LogP contribution in [0.2, 0.25) is 0 Å². The van der Waals surface area contributed by atoms with Crippen molar-refractivity contribution < 1.29 is 0 Å². The van der Waals surface area contributed by atoms with Crippen LogP contribution in [0.25, 0.3) is 11.3 Å². The first kappa shape index (κ1) is 9.93. The summed E-state index contributed by atoms with van der Waals surface area (Å²) in [5.41, 5.74) is 3.54. The molecule has 1 heterocycles. The summed E-state index contributed by atoms with van der Waals surface area (Å²) in [5.74, 6) is 0. The van der Waals surface area contributed by atoms with Gasteiger partial charge >= 0.3 is 0 Å². The summed E-state index contributed by atoms with van der Waals surface area (Å²) in [4.78, 5) is 0. The lowest BCUT2D eigenvalue weighted by molar-refractivity contribution is 0.727. The van der Waals surface area contributed by atoms with E-state index in [2.05, 4.69) is 46.7 Å². The normalized spacial score (nSPS) is 10.5. The number of hydrogen-bond donors (Lipinski definition) is 2. The predicted octanol–water partition coefficient (Wildman–Crippen LogP) is 2.19. The number of H-pyrrole nitrogens is 1. The van der Waals surface area contributed by atoms with Gasteiger partial charge in [-0.05, 0) is 23.7 Å². The average Bonchev–Trinajstić information content (AvgIpc) is 2.80. The molecule has 0 aliphatic rings. The molecule has 0 spiro atoms. The fourth-order valence-corrected chi connectivity index (χ4v) is 1.49. The minimum atomic E-state index is 0.930. The van der Waals surface area contributed by atoms with Gasteiger partial charge in [-0.3, -0.25) is 5.10 Å². The van der Waals surface area contributed by atoms with E-state index in [-0.39, 0.29) is 0 Å². The lowest BCUT2D eigenvalue weighted by atomic mass is 10.1. The molecule has 1 aromatic heterocycles. The van der Waals surface area contributed by atoms with E-state index in [9.17, 15) is 0 Å². The number of aromatic amines is 1. The summed E-state index contributed by atoms with van der Waals surface area (Å²) in [6.07, 6.45) is 1.77. The van der Waals surface area contributed by atoms with E-state index in [4.69, 9.17) is 0 Å². The number of nitrogens with one attached hydrogen (secondary N) is 2. The molecule has 2 aromatic rings. The van der Waals surface area contributed by atoms with Gasteiger partial charge in [-0.25, -0.2) is 0 Å². The highest BCUT2D eigenvalue weighted by molar-refractivity contribution is 5.58. The molecular weight excluding hydrogens is 186 g/mol. The van der Waals surface area contributed by atoms with Gasteiger partial charge in [0.25, 0.3) is 0 Å². The van der Waals surface area contributed by atoms with E-state index in [0.717, 1.165) is 18.8 Å². The van der Waals surface area contributed by atoms with Crippen LogP contribution < -0.4 is 5.32 Å². The Hall–Kier alpha value is -1.61. The number of rotatable bonds is 4. The third-order valence-electron chi connectivity index (χ3n) is 2.34. The Kier molecular flexibility index (Phi) is 3.15. The van der Waals surface area contributed by atoms with Gasteiger partial charge in [0.2, 0.25) is 0 Å². The summed E-state index contributed by atoms with van der Waals surface area (Å²) < 4.78 is 0. The molecule has 1 aromatic carbocycles. The van der Waals surface area contributed by atoms with Gasteiger partial charge in [0, 0.05) is 12.7 Å². The van der Waals surface area contributed by atoms with Crippen molar-refractivity contribution in [2.75, 3.05) is 6.54 Å². The second-order valence-corrected chi connectivity index (χ2v) is 3.45. The van der Waals surface area contributed by atoms with Gasteiger partial charge in [0.1, 0.15) is 0 Å². The number of hydrogen-bond acceptors (Lipinski definition) is 2. The topological polar surface area (TPSA) is 40.7 Å². The predicted molar refractivity (Wildman–Crippen MR) is 61.4 cm³/mol. The fraction of sp³-hybridized carbons (Fsp3) is 0.250. The van der Waals surface area contributed by atoms with Crippen LogP contribution in [0, 0.1) is 0 Å². The molecule has 0 saturated heterocycles. The smallest absolute Gasteiger partial charge is 0.0650 e. The maximum Gasteiger partial charge on any atom is 0.0650 e. The van der Waals surface area contributed by atoms with E-state index in [1.54, 1.807) is 6.20 Å². The quantitative estimate of drug-likeness (QED) is 0.796. The monoisotopic (exact) mass is 201 g/mol. The van der Waals surface area contributed by atoms with Gasteiger partial charge in [0.05, 0.1) is 5.69 Å². The van der Waals surface area contributed by atoms with E-state index < -0.39 is 0 Å². The highest BCUT2D eigenvalue weighted by atomic mass is 15.1. The van der Waals surface area contributed by atoms with E-state index in [1.165, 1.54) is 11.1 Å². The molecule has 0 saturated carbocycles. The maximum absolute atomic E-state index is 3.93. The van der Waals surface area contributed by atoms with Gasteiger partial charge in [-0.15, -0.1) is 0 Å². The van der Waals surface area contributed by atoms with Gasteiger partial charge in [-0.1, -0.05) is 31.2 Å². The molecule has 3 heteroatoms. The first-order chi connectivity index (χ1) is 7.40. The summed E-state index contributed by atoms with van der Waals surface area (Å²) in [6, 6.07) is 10.5. The molecular formula is C12H15N3. The Labute approximate surface area is 89.5 Å². The zero-order chi connectivity index (χ0) is 10.5. The van der Waals surface area contributed by atoms with Crippen LogP contribution in [0.5, 0.6) is 0 Å². The van der Waals surface area contributed by atoms with Crippen molar-refractivity contribution in [3.8, 4) is 11.3 Å². The Bertz CT molecular complexity index is 389. The highest BCUT2D eigenvalue weighted by Gasteiger charge is 1.98. The van der Waals surface area contributed by atoms with Crippen molar-refractivity contribution in [1.29, 1.82) is 0 Å². The molecule has 0 fully saturated rings. The molecule has 15 heavy (non-hydrogen) atoms. The second kappa shape index (κ2) is 4.75. The van der Waals surface area contributed by atoms with Crippen molar-refractivity contribution in [2.45, 2.75) is 13.5 Å². The molecule has 0 amide bonds. The molecule has 78 valence electrons. The summed E-state index contributed by atoms with van der Waals surface area (Å²) in [5, 5.41) is 10.2. The van der Waals surface area contributed by atoms with E-state index >= 15 is 0 Å². The van der Waals surface area contributed by atoms with E-state index in [1.807, 2.05) is 6.07 Å². The summed E-state index contributed by atoms with van der Waals surface area (Å²) in [6.45, 7) is 4.04. The lowest BCUT2D eigenvalue weighted by Crippen LogP contribution is -2.11. The Morgan fingerprint density at radius 2 is 2.00 bits per heavy atom. The minimum Gasteiger partial charge on any atom is -0.313 e. The molecule has 0 aliphatic carbocycles. The molecule has 0 radical (unpaired) electrons. The highest BCUT2D eigenvalue weighted by Crippen LogP contribution is 2.16. The Morgan fingerprint density at radius 1 is 1.20 bits per heavy atom. The SMILES string of the molecule is CCNCc1ccc(-c2ccn[nH]2)cc1. The second-order valence-electron chi connectivity index (χ2n) is 3.45. The largest absolute Gasteiger partial charge is 0.313 e. The molecule has 0 unspecified atom stereocenters. The van der Waals surface area contributed by atoms with Crippen molar-refractivity contribution in [3.63, 3.8) is 0 Å². The standard InChI is InChI=1S/C12H15N3/c1-2-13-9-10-3-5-11(6-4-10)12-7-8-14-15-12/h3-8,13H,2,9H2,1H3,(H,14,15). The number of aromatic nitrogens is 2. The average molecular weight is 201 g/mol. The van der Waals surface area contributed by atoms with E-state index in [0.29, 0.717) is 0 Å². The maximum atomic E-state index is 3.93. The van der Waals surface area contributed by atoms with Crippen LogP contribution in [0.15, 0.2) is 36.5 Å². The Balaban J connectivity index is 2.11. The van der Waals surface area contributed by atoms with Crippen LogP contribution in [0.3, 0.4) is 0 Å². The van der Waals surface area contributed by atoms with Crippen LogP contribution in [0.4, 0.5) is 0 Å². The zero-order valence-corrected chi connectivity index (χ0v) is 8.83. The number of nitrogens with zero attached hydrogens (tertiary/aromatic N) is 1. The van der Waals surface area contributed by atoms with Crippen molar-refractivity contribution >= 4 is 0 Å². The third kappa shape index (κ3) is 2.44. The van der Waals surface area contributed by atoms with Crippen molar-refractivity contribution in [1.82, 2.24) is 15.5 Å². The van der Waals surface area contributed by atoms with Gasteiger partial charge in [-0.2, -0.15) is 5.10 Å². The molecule has 0 aliphatic heterocycles. The molecule has 2 rings (SSSR count). The third-order valence-corrected chi connectivity index (χ3v) is 2.34. The molecule has 0 bridgehead atoms. The first-order valence-electron chi connectivity index (χ1n) is 5.19. The van der Waals surface area contributed by atoms with Gasteiger partial charge in [0.15, 0.2) is 0 Å². The van der Waals surface area contributed by atoms with Crippen LogP contribution >= 0.6 is 0 Å². The van der Waals surface area contributed by atoms with Crippen LogP contribution in [0.1, 0.15) is 12.5 Å². The van der Waals surface area contributed by atoms with Crippen LogP contribution in [-0.4, -0.2) is 16.7 Å². The zero-order valence-electron chi connectivity index (χ0n) is 8.83. The number of benzene rings is 1. The van der Waals surface area contributed by atoms with Gasteiger partial charge < -0.3 is 5.32 Å². The summed E-state index contributed by atoms with van der Waals surface area (Å²) >= 11 is 0. The molecule has 2 N–H and O–H groups in total. The van der Waals surface area contributed by atoms with Crippen molar-refractivity contribution in [3.05, 3.63) is 42.1 Å². The lowest BCUT2D eigenvalue weighted by Gasteiger charge is -2.03. The summed E-state index contributed by atoms with van der Waals surface area (Å²) in [7, 11) is 0. The Morgan fingerprint density at radius 3 is 2.60 bits per heavy atom. The fourth-order valence-electron chi connectivity index (χ4n) is 1.49. The van der Waals surface area contributed by atoms with Crippen LogP contribution in [-0.2, 0) is 6.54 Å². The molecule has 0 atom stereocenters. The molecule has 3 nitrogen and oxygen atoms in total. The minimum absolute atomic E-state index is 0.930. The van der Waals surface area contributed by atoms with Crippen molar-refractivity contribution in [2.24, 2.45) is 0 Å². The first-order valence-corrected chi connectivity index (χ1v) is 5.19.